The number of hydrogen-bond donors (Lipinski definition) is 0. The molecule has 2 aliphatic heterocycles. The zero-order valence-electron chi connectivity index (χ0n) is 16.3. The van der Waals surface area contributed by atoms with E-state index in [0.717, 1.165) is 61.9 Å². The van der Waals surface area contributed by atoms with Crippen LogP contribution in [0.2, 0.25) is 0 Å². The molecule has 1 aromatic carbocycles. The van der Waals surface area contributed by atoms with Gasteiger partial charge < -0.3 is 28.9 Å². The molecule has 8 nitrogen and oxygen atoms in total. The van der Waals surface area contributed by atoms with Gasteiger partial charge in [0.1, 0.15) is 5.82 Å². The number of anilines is 2. The predicted octanol–water partition coefficient (Wildman–Crippen LogP) is 1.24. The second kappa shape index (κ2) is 7.74. The molecule has 1 aromatic heterocycles. The summed E-state index contributed by atoms with van der Waals surface area (Å²) in [5, 5.41) is 0.979. The normalized spacial score (nSPS) is 18.8. The highest BCUT2D eigenvalue weighted by molar-refractivity contribution is 5.93. The lowest BCUT2D eigenvalue weighted by molar-refractivity contribution is 0.122. The SMILES string of the molecule is COc1cc2nc(N3CCN(C)CC3)nc(N3CCOCC3)c2cc1OC. The van der Waals surface area contributed by atoms with Gasteiger partial charge in [-0.15, -0.1) is 0 Å². The molecule has 0 unspecified atom stereocenters. The van der Waals surface area contributed by atoms with Crippen molar-refractivity contribution >= 4 is 22.7 Å². The van der Waals surface area contributed by atoms with E-state index in [0.29, 0.717) is 24.7 Å². The van der Waals surface area contributed by atoms with Crippen molar-refractivity contribution in [1.82, 2.24) is 14.9 Å². The van der Waals surface area contributed by atoms with Gasteiger partial charge in [0, 0.05) is 50.7 Å². The van der Waals surface area contributed by atoms with Crippen LogP contribution >= 0.6 is 0 Å². The lowest BCUT2D eigenvalue weighted by atomic mass is 10.2. The first-order chi connectivity index (χ1) is 13.2. The number of nitrogens with zero attached hydrogens (tertiary/aromatic N) is 5. The van der Waals surface area contributed by atoms with Crippen molar-refractivity contribution < 1.29 is 14.2 Å². The third kappa shape index (κ3) is 3.59. The molecule has 2 aliphatic rings. The number of ether oxygens (including phenoxy) is 3. The molecule has 27 heavy (non-hydrogen) atoms. The Morgan fingerprint density at radius 1 is 0.852 bits per heavy atom. The van der Waals surface area contributed by atoms with Gasteiger partial charge in [0.15, 0.2) is 11.5 Å². The van der Waals surface area contributed by atoms with E-state index in [1.54, 1.807) is 14.2 Å². The van der Waals surface area contributed by atoms with Crippen molar-refractivity contribution in [1.29, 1.82) is 0 Å². The molecular formula is C19H27N5O3. The molecule has 0 N–H and O–H groups in total. The number of hydrogen-bond acceptors (Lipinski definition) is 8. The molecule has 4 rings (SSSR count). The Bertz CT molecular complexity index is 802. The lowest BCUT2D eigenvalue weighted by Crippen LogP contribution is -2.45. The maximum Gasteiger partial charge on any atom is 0.227 e. The summed E-state index contributed by atoms with van der Waals surface area (Å²) in [6.45, 7) is 6.95. The average Bonchev–Trinajstić information content (AvgIpc) is 2.73. The molecule has 2 aromatic rings. The summed E-state index contributed by atoms with van der Waals surface area (Å²) in [4.78, 5) is 16.7. The van der Waals surface area contributed by atoms with Gasteiger partial charge in [-0.1, -0.05) is 0 Å². The van der Waals surface area contributed by atoms with Crippen molar-refractivity contribution in [2.24, 2.45) is 0 Å². The van der Waals surface area contributed by atoms with E-state index in [-0.39, 0.29) is 0 Å². The summed E-state index contributed by atoms with van der Waals surface area (Å²) in [5.41, 5.74) is 0.873. The van der Waals surface area contributed by atoms with Gasteiger partial charge in [0.25, 0.3) is 0 Å². The molecule has 0 aliphatic carbocycles. The second-order valence-corrected chi connectivity index (χ2v) is 6.96. The first-order valence-corrected chi connectivity index (χ1v) is 9.39. The average molecular weight is 373 g/mol. The van der Waals surface area contributed by atoms with Crippen molar-refractivity contribution in [3.05, 3.63) is 12.1 Å². The molecule has 0 saturated carbocycles. The van der Waals surface area contributed by atoms with Gasteiger partial charge in [-0.25, -0.2) is 4.98 Å². The van der Waals surface area contributed by atoms with Crippen LogP contribution in [-0.2, 0) is 4.74 Å². The van der Waals surface area contributed by atoms with E-state index >= 15 is 0 Å². The zero-order valence-corrected chi connectivity index (χ0v) is 16.3. The molecular weight excluding hydrogens is 346 g/mol. The first-order valence-electron chi connectivity index (χ1n) is 9.39. The fraction of sp³-hybridized carbons (Fsp3) is 0.579. The molecule has 0 spiro atoms. The highest BCUT2D eigenvalue weighted by atomic mass is 16.5. The Labute approximate surface area is 159 Å². The number of fused-ring (bicyclic) bond motifs is 1. The number of likely N-dealkylation sites (N-methyl/N-ethyl adjacent to an activating group) is 1. The maximum absolute atomic E-state index is 5.53. The van der Waals surface area contributed by atoms with Crippen LogP contribution < -0.4 is 19.3 Å². The molecule has 8 heteroatoms. The Morgan fingerprint density at radius 3 is 2.19 bits per heavy atom. The quantitative estimate of drug-likeness (QED) is 0.793. The Balaban J connectivity index is 1.82. The number of methoxy groups -OCH3 is 2. The van der Waals surface area contributed by atoms with Crippen LogP contribution in [0, 0.1) is 0 Å². The molecule has 0 amide bonds. The van der Waals surface area contributed by atoms with E-state index < -0.39 is 0 Å². The van der Waals surface area contributed by atoms with E-state index in [9.17, 15) is 0 Å². The highest BCUT2D eigenvalue weighted by Crippen LogP contribution is 2.36. The molecule has 0 bridgehead atoms. The fourth-order valence-electron chi connectivity index (χ4n) is 3.59. The molecule has 0 atom stereocenters. The lowest BCUT2D eigenvalue weighted by Gasteiger charge is -2.34. The van der Waals surface area contributed by atoms with E-state index in [1.807, 2.05) is 12.1 Å². The molecule has 0 radical (unpaired) electrons. The van der Waals surface area contributed by atoms with Crippen molar-refractivity contribution in [3.8, 4) is 11.5 Å². The molecule has 3 heterocycles. The van der Waals surface area contributed by atoms with Crippen LogP contribution in [0.1, 0.15) is 0 Å². The van der Waals surface area contributed by atoms with E-state index in [4.69, 9.17) is 24.2 Å². The Morgan fingerprint density at radius 2 is 1.52 bits per heavy atom. The smallest absolute Gasteiger partial charge is 0.227 e. The number of piperazine rings is 1. The number of aromatic nitrogens is 2. The van der Waals surface area contributed by atoms with Gasteiger partial charge in [-0.05, 0) is 13.1 Å². The fourth-order valence-corrected chi connectivity index (χ4v) is 3.59. The third-order valence-electron chi connectivity index (χ3n) is 5.27. The topological polar surface area (TPSA) is 63.2 Å². The van der Waals surface area contributed by atoms with Crippen LogP contribution in [0.4, 0.5) is 11.8 Å². The largest absolute Gasteiger partial charge is 0.493 e. The van der Waals surface area contributed by atoms with Crippen LogP contribution in [0.25, 0.3) is 10.9 Å². The predicted molar refractivity (Wildman–Crippen MR) is 105 cm³/mol. The summed E-state index contributed by atoms with van der Waals surface area (Å²) >= 11 is 0. The summed E-state index contributed by atoms with van der Waals surface area (Å²) in [7, 11) is 5.45. The zero-order chi connectivity index (χ0) is 18.8. The van der Waals surface area contributed by atoms with Crippen molar-refractivity contribution in [3.63, 3.8) is 0 Å². The molecule has 146 valence electrons. The number of rotatable bonds is 4. The van der Waals surface area contributed by atoms with E-state index in [2.05, 4.69) is 21.7 Å². The standard InChI is InChI=1S/C19H27N5O3/c1-22-4-6-24(7-5-22)19-20-15-13-17(26-3)16(25-2)12-14(15)18(21-19)23-8-10-27-11-9-23/h12-13H,4-11H2,1-3H3. The maximum atomic E-state index is 5.53. The van der Waals surface area contributed by atoms with Crippen LogP contribution in [0.5, 0.6) is 11.5 Å². The Kier molecular flexibility index (Phi) is 5.18. The molecule has 2 saturated heterocycles. The van der Waals surface area contributed by atoms with Gasteiger partial charge in [0.2, 0.25) is 5.95 Å². The van der Waals surface area contributed by atoms with Crippen LogP contribution in [0.15, 0.2) is 12.1 Å². The number of benzene rings is 1. The van der Waals surface area contributed by atoms with Crippen LogP contribution in [0.3, 0.4) is 0 Å². The minimum absolute atomic E-state index is 0.681. The van der Waals surface area contributed by atoms with Crippen LogP contribution in [-0.4, -0.2) is 88.6 Å². The van der Waals surface area contributed by atoms with Crippen molar-refractivity contribution in [2.45, 2.75) is 0 Å². The minimum Gasteiger partial charge on any atom is -0.493 e. The summed E-state index contributed by atoms with van der Waals surface area (Å²) in [6, 6.07) is 3.92. The van der Waals surface area contributed by atoms with Gasteiger partial charge in [-0.3, -0.25) is 0 Å². The summed E-state index contributed by atoms with van der Waals surface area (Å²) in [5.74, 6) is 3.10. The minimum atomic E-state index is 0.681. The second-order valence-electron chi connectivity index (χ2n) is 6.96. The number of morpholine rings is 1. The van der Waals surface area contributed by atoms with Crippen molar-refractivity contribution in [2.75, 3.05) is 83.5 Å². The summed E-state index contributed by atoms with van der Waals surface area (Å²) < 4.78 is 16.5. The first kappa shape index (κ1) is 18.1. The Hall–Kier alpha value is -2.32. The van der Waals surface area contributed by atoms with Gasteiger partial charge in [-0.2, -0.15) is 4.98 Å². The third-order valence-corrected chi connectivity index (χ3v) is 5.27. The van der Waals surface area contributed by atoms with Gasteiger partial charge >= 0.3 is 0 Å². The highest BCUT2D eigenvalue weighted by Gasteiger charge is 2.23. The summed E-state index contributed by atoms with van der Waals surface area (Å²) in [6.07, 6.45) is 0. The monoisotopic (exact) mass is 373 g/mol. The van der Waals surface area contributed by atoms with Gasteiger partial charge in [0.05, 0.1) is 33.0 Å². The molecule has 2 fully saturated rings. The van der Waals surface area contributed by atoms with E-state index in [1.165, 1.54) is 0 Å².